The third kappa shape index (κ3) is 2.67. The van der Waals surface area contributed by atoms with Gasteiger partial charge in [-0.3, -0.25) is 9.59 Å². The highest BCUT2D eigenvalue weighted by molar-refractivity contribution is 9.10. The minimum absolute atomic E-state index is 0.0291. The van der Waals surface area contributed by atoms with Gasteiger partial charge in [-0.2, -0.15) is 5.26 Å². The van der Waals surface area contributed by atoms with E-state index < -0.39 is 5.97 Å². The van der Waals surface area contributed by atoms with Crippen LogP contribution >= 0.6 is 15.9 Å². The highest BCUT2D eigenvalue weighted by Gasteiger charge is 2.12. The van der Waals surface area contributed by atoms with E-state index in [1.54, 1.807) is 0 Å². The first kappa shape index (κ1) is 12.4. The number of esters is 1. The highest BCUT2D eigenvalue weighted by atomic mass is 79.9. The lowest BCUT2D eigenvalue weighted by Crippen LogP contribution is -2.07. The third-order valence-corrected chi connectivity index (χ3v) is 2.68. The normalized spacial score (nSPS) is 9.31. The molecule has 0 aliphatic carbocycles. The van der Waals surface area contributed by atoms with E-state index in [4.69, 9.17) is 5.26 Å². The van der Waals surface area contributed by atoms with Crippen molar-refractivity contribution in [2.45, 2.75) is 6.42 Å². The Morgan fingerprint density at radius 3 is 2.81 bits per heavy atom. The second kappa shape index (κ2) is 5.42. The van der Waals surface area contributed by atoms with Crippen LogP contribution in [0.5, 0.6) is 0 Å². The molecule has 4 nitrogen and oxygen atoms in total. The van der Waals surface area contributed by atoms with Crippen molar-refractivity contribution in [2.24, 2.45) is 0 Å². The number of ether oxygens (including phenoxy) is 1. The highest BCUT2D eigenvalue weighted by Crippen LogP contribution is 2.22. The van der Waals surface area contributed by atoms with E-state index in [9.17, 15) is 9.59 Å². The van der Waals surface area contributed by atoms with E-state index in [1.165, 1.54) is 19.2 Å². The summed E-state index contributed by atoms with van der Waals surface area (Å²) in [6.45, 7) is 0. The van der Waals surface area contributed by atoms with Crippen molar-refractivity contribution in [3.8, 4) is 6.07 Å². The molecule has 0 fully saturated rings. The average Bonchev–Trinajstić information content (AvgIpc) is 2.28. The molecule has 0 atom stereocenters. The molecule has 1 aromatic rings. The maximum absolute atomic E-state index is 11.1. The van der Waals surface area contributed by atoms with Crippen LogP contribution in [0.3, 0.4) is 0 Å². The minimum atomic E-state index is -0.454. The minimum Gasteiger partial charge on any atom is -0.469 e. The van der Waals surface area contributed by atoms with E-state index in [2.05, 4.69) is 20.7 Å². The van der Waals surface area contributed by atoms with Gasteiger partial charge in [-0.05, 0) is 17.7 Å². The third-order valence-electron chi connectivity index (χ3n) is 2.02. The zero-order valence-corrected chi connectivity index (χ0v) is 10.1. The molecule has 0 bridgehead atoms. The Morgan fingerprint density at radius 1 is 1.62 bits per heavy atom. The first-order valence-corrected chi connectivity index (χ1v) is 5.16. The van der Waals surface area contributed by atoms with Gasteiger partial charge in [0.25, 0.3) is 0 Å². The van der Waals surface area contributed by atoms with Crippen LogP contribution < -0.4 is 0 Å². The maximum Gasteiger partial charge on any atom is 0.310 e. The van der Waals surface area contributed by atoms with Crippen molar-refractivity contribution in [1.29, 1.82) is 5.26 Å². The Labute approximate surface area is 101 Å². The fourth-order valence-corrected chi connectivity index (χ4v) is 1.84. The van der Waals surface area contributed by atoms with Crippen LogP contribution in [0.15, 0.2) is 16.6 Å². The number of nitriles is 1. The monoisotopic (exact) mass is 281 g/mol. The molecule has 0 unspecified atom stereocenters. The zero-order valence-electron chi connectivity index (χ0n) is 8.49. The Morgan fingerprint density at radius 2 is 2.31 bits per heavy atom. The predicted octanol–water partition coefficient (Wildman–Crippen LogP) is 1.85. The van der Waals surface area contributed by atoms with Crippen LogP contribution in [0.25, 0.3) is 0 Å². The fraction of sp³-hybridized carbons (Fsp3) is 0.182. The van der Waals surface area contributed by atoms with Crippen LogP contribution in [-0.2, 0) is 16.0 Å². The summed E-state index contributed by atoms with van der Waals surface area (Å²) in [7, 11) is 1.27. The van der Waals surface area contributed by atoms with Crippen LogP contribution in [0.4, 0.5) is 0 Å². The molecule has 82 valence electrons. The molecule has 0 spiro atoms. The fourth-order valence-electron chi connectivity index (χ4n) is 1.25. The molecule has 0 N–H and O–H groups in total. The molecule has 0 heterocycles. The number of nitrogens with zero attached hydrogens (tertiary/aromatic N) is 1. The number of methoxy groups -OCH3 is 1. The lowest BCUT2D eigenvalue weighted by molar-refractivity contribution is -0.139. The Balaban J connectivity index is 3.24. The molecular formula is C11H8BrNO3. The van der Waals surface area contributed by atoms with E-state index in [0.717, 1.165) is 0 Å². The second-order valence-corrected chi connectivity index (χ2v) is 3.87. The Bertz CT molecular complexity index is 477. The van der Waals surface area contributed by atoms with Gasteiger partial charge in [0.15, 0.2) is 6.29 Å². The van der Waals surface area contributed by atoms with Crippen molar-refractivity contribution >= 4 is 28.2 Å². The van der Waals surface area contributed by atoms with Crippen molar-refractivity contribution in [3.63, 3.8) is 0 Å². The first-order chi connectivity index (χ1) is 7.62. The van der Waals surface area contributed by atoms with E-state index in [-0.39, 0.29) is 6.42 Å². The molecule has 5 heteroatoms. The van der Waals surface area contributed by atoms with Gasteiger partial charge >= 0.3 is 5.97 Å². The van der Waals surface area contributed by atoms with Crippen LogP contribution in [0, 0.1) is 11.3 Å². The van der Waals surface area contributed by atoms with Gasteiger partial charge in [-0.15, -0.1) is 0 Å². The van der Waals surface area contributed by atoms with Gasteiger partial charge in [0.1, 0.15) is 0 Å². The summed E-state index contributed by atoms with van der Waals surface area (Å²) >= 11 is 3.18. The lowest BCUT2D eigenvalue weighted by atomic mass is 10.0. The smallest absolute Gasteiger partial charge is 0.310 e. The lowest BCUT2D eigenvalue weighted by Gasteiger charge is -2.06. The molecular weight excluding hydrogens is 274 g/mol. The number of carbonyl (C=O) groups is 2. The molecule has 16 heavy (non-hydrogen) atoms. The second-order valence-electron chi connectivity index (χ2n) is 3.01. The average molecular weight is 282 g/mol. The summed E-state index contributed by atoms with van der Waals surface area (Å²) in [5.41, 5.74) is 1.23. The molecule has 0 aliphatic heterocycles. The summed E-state index contributed by atoms with van der Waals surface area (Å²) in [5, 5.41) is 8.77. The quantitative estimate of drug-likeness (QED) is 0.626. The van der Waals surface area contributed by atoms with Crippen molar-refractivity contribution in [3.05, 3.63) is 33.3 Å². The molecule has 0 aromatic heterocycles. The van der Waals surface area contributed by atoms with Crippen LogP contribution in [0.2, 0.25) is 0 Å². The first-order valence-electron chi connectivity index (χ1n) is 4.37. The molecule has 0 amide bonds. The standard InChI is InChI=1S/C11H8BrNO3/c1-16-11(15)4-8-2-7(5-13)3-10(12)9(8)6-14/h2-3,6H,4H2,1H3. The SMILES string of the molecule is COC(=O)Cc1cc(C#N)cc(Br)c1C=O. The number of hydrogen-bond acceptors (Lipinski definition) is 4. The van der Waals surface area contributed by atoms with Gasteiger partial charge in [0.05, 0.1) is 25.2 Å². The van der Waals surface area contributed by atoms with Crippen molar-refractivity contribution in [2.75, 3.05) is 7.11 Å². The molecule has 0 saturated carbocycles. The number of carbonyl (C=O) groups excluding carboxylic acids is 2. The largest absolute Gasteiger partial charge is 0.469 e. The van der Waals surface area contributed by atoms with Crippen LogP contribution in [0.1, 0.15) is 21.5 Å². The van der Waals surface area contributed by atoms with E-state index in [1.807, 2.05) is 6.07 Å². The van der Waals surface area contributed by atoms with Crippen LogP contribution in [-0.4, -0.2) is 19.4 Å². The predicted molar refractivity (Wildman–Crippen MR) is 60.0 cm³/mol. The van der Waals surface area contributed by atoms with Gasteiger partial charge in [0.2, 0.25) is 0 Å². The molecule has 0 radical (unpaired) electrons. The summed E-state index contributed by atoms with van der Waals surface area (Å²) < 4.78 is 5.01. The maximum atomic E-state index is 11.1. The number of benzene rings is 1. The number of rotatable bonds is 3. The zero-order chi connectivity index (χ0) is 12.1. The van der Waals surface area contributed by atoms with Crippen molar-refractivity contribution in [1.82, 2.24) is 0 Å². The van der Waals surface area contributed by atoms with Gasteiger partial charge in [-0.25, -0.2) is 0 Å². The summed E-state index contributed by atoms with van der Waals surface area (Å²) in [5.74, 6) is -0.454. The van der Waals surface area contributed by atoms with Crippen molar-refractivity contribution < 1.29 is 14.3 Å². The summed E-state index contributed by atoms with van der Waals surface area (Å²) in [6.07, 6.45) is 0.613. The van der Waals surface area contributed by atoms with Gasteiger partial charge < -0.3 is 4.74 Å². The molecule has 0 saturated heterocycles. The Kier molecular flexibility index (Phi) is 4.20. The van der Waals surface area contributed by atoms with Gasteiger partial charge in [0, 0.05) is 10.0 Å². The number of halogens is 1. The Hall–Kier alpha value is -1.67. The number of hydrogen-bond donors (Lipinski definition) is 0. The molecule has 0 aliphatic rings. The number of aldehydes is 1. The summed E-state index contributed by atoms with van der Waals surface area (Å²) in [4.78, 5) is 22.0. The topological polar surface area (TPSA) is 67.2 Å². The van der Waals surface area contributed by atoms with E-state index in [0.29, 0.717) is 27.4 Å². The van der Waals surface area contributed by atoms with Gasteiger partial charge in [-0.1, -0.05) is 15.9 Å². The molecule has 1 rings (SSSR count). The summed E-state index contributed by atoms with van der Waals surface area (Å²) in [6, 6.07) is 4.99. The van der Waals surface area contributed by atoms with E-state index >= 15 is 0 Å². The molecule has 1 aromatic carbocycles.